The van der Waals surface area contributed by atoms with E-state index in [0.717, 1.165) is 17.2 Å². The fraction of sp³-hybridized carbons (Fsp3) is 0.250. The summed E-state index contributed by atoms with van der Waals surface area (Å²) in [6.07, 6.45) is 2.73. The SMILES string of the molecule is CC(=O)Nc1cc2cc(-c3c(O)nc[nH]c3=O)n(C)c2cn1.CCF.[HH]. The van der Waals surface area contributed by atoms with Gasteiger partial charge in [-0.05, 0) is 19.1 Å². The third-order valence-electron chi connectivity index (χ3n) is 3.32. The Balaban J connectivity index is 0.000000791. The maximum absolute atomic E-state index is 11.9. The lowest BCUT2D eigenvalue weighted by Gasteiger charge is -2.04. The number of fused-ring (bicyclic) bond motifs is 1. The summed E-state index contributed by atoms with van der Waals surface area (Å²) in [7, 11) is 1.75. The van der Waals surface area contributed by atoms with Gasteiger partial charge in [-0.3, -0.25) is 14.0 Å². The molecule has 0 radical (unpaired) electrons. The van der Waals surface area contributed by atoms with Crippen LogP contribution in [-0.4, -0.2) is 37.2 Å². The summed E-state index contributed by atoms with van der Waals surface area (Å²) < 4.78 is 12.0. The zero-order valence-electron chi connectivity index (χ0n) is 14.0. The van der Waals surface area contributed by atoms with E-state index in [9.17, 15) is 19.1 Å². The molecule has 3 aromatic rings. The standard InChI is InChI=1S/C14H13N5O3.C2H5F.H2/c1-7(20)18-11-4-8-3-9(19(2)10(8)5-15-11)12-13(21)16-6-17-14(12)22;1-2-3;/h3-6H,1-2H3,(H,15,18,20)(H2,16,17,21,22);2H2,1H3;1H. The van der Waals surface area contributed by atoms with Gasteiger partial charge in [0.1, 0.15) is 11.4 Å². The van der Waals surface area contributed by atoms with Crippen LogP contribution in [0.2, 0.25) is 0 Å². The highest BCUT2D eigenvalue weighted by atomic mass is 19.1. The van der Waals surface area contributed by atoms with Gasteiger partial charge in [0.2, 0.25) is 11.8 Å². The lowest BCUT2D eigenvalue weighted by atomic mass is 10.2. The number of aryl methyl sites for hydroxylation is 1. The average molecular weight is 349 g/mol. The number of H-pyrrole nitrogens is 1. The average Bonchev–Trinajstić information content (AvgIpc) is 2.84. The largest absolute Gasteiger partial charge is 0.493 e. The molecule has 9 heteroatoms. The van der Waals surface area contributed by atoms with Crippen LogP contribution in [-0.2, 0) is 11.8 Å². The number of carbonyl (C=O) groups is 1. The number of rotatable bonds is 2. The van der Waals surface area contributed by atoms with Crippen molar-refractivity contribution in [3.05, 3.63) is 35.0 Å². The number of carbonyl (C=O) groups excluding carboxylic acids is 1. The van der Waals surface area contributed by atoms with Crippen LogP contribution in [0.15, 0.2) is 29.5 Å². The highest BCUT2D eigenvalue weighted by Crippen LogP contribution is 2.29. The van der Waals surface area contributed by atoms with Crippen molar-refractivity contribution in [1.82, 2.24) is 19.5 Å². The minimum Gasteiger partial charge on any atom is -0.493 e. The Morgan fingerprint density at radius 1 is 1.44 bits per heavy atom. The molecule has 0 aliphatic heterocycles. The van der Waals surface area contributed by atoms with Crippen LogP contribution >= 0.6 is 0 Å². The lowest BCUT2D eigenvalue weighted by Crippen LogP contribution is -2.11. The molecule has 0 aliphatic carbocycles. The molecule has 1 amide bonds. The molecule has 8 nitrogen and oxygen atoms in total. The number of aromatic amines is 1. The third kappa shape index (κ3) is 3.82. The fourth-order valence-electron chi connectivity index (χ4n) is 2.34. The summed E-state index contributed by atoms with van der Waals surface area (Å²) >= 11 is 0. The second-order valence-electron chi connectivity index (χ2n) is 5.10. The maximum Gasteiger partial charge on any atom is 0.263 e. The molecule has 0 bridgehead atoms. The first-order valence-electron chi connectivity index (χ1n) is 7.45. The number of amides is 1. The predicted molar refractivity (Wildman–Crippen MR) is 94.3 cm³/mol. The molecular weight excluding hydrogens is 329 g/mol. The molecule has 3 rings (SSSR count). The second kappa shape index (κ2) is 7.56. The molecule has 0 saturated heterocycles. The Morgan fingerprint density at radius 2 is 2.12 bits per heavy atom. The monoisotopic (exact) mass is 349 g/mol. The number of aromatic nitrogens is 4. The minimum absolute atomic E-state index is 0. The van der Waals surface area contributed by atoms with Crippen LogP contribution in [0.4, 0.5) is 10.2 Å². The van der Waals surface area contributed by atoms with Crippen LogP contribution in [0.5, 0.6) is 5.88 Å². The maximum atomic E-state index is 11.9. The first kappa shape index (κ1) is 18.1. The summed E-state index contributed by atoms with van der Waals surface area (Å²) in [6, 6.07) is 3.43. The third-order valence-corrected chi connectivity index (χ3v) is 3.32. The molecule has 0 spiro atoms. The van der Waals surface area contributed by atoms with E-state index < -0.39 is 5.56 Å². The number of pyridine rings is 1. The molecule has 0 fully saturated rings. The zero-order chi connectivity index (χ0) is 18.6. The molecule has 3 heterocycles. The van der Waals surface area contributed by atoms with E-state index in [-0.39, 0.29) is 25.5 Å². The molecule has 0 saturated carbocycles. The van der Waals surface area contributed by atoms with E-state index in [2.05, 4.69) is 20.3 Å². The van der Waals surface area contributed by atoms with Gasteiger partial charge in [-0.15, -0.1) is 0 Å². The molecular formula is C16H20FN5O3. The molecule has 0 unspecified atom stereocenters. The minimum atomic E-state index is -0.437. The van der Waals surface area contributed by atoms with Gasteiger partial charge in [0.05, 0.1) is 30.4 Å². The van der Waals surface area contributed by atoms with E-state index in [4.69, 9.17) is 0 Å². The number of alkyl halides is 1. The van der Waals surface area contributed by atoms with E-state index in [0.29, 0.717) is 11.5 Å². The molecule has 3 N–H and O–H groups in total. The smallest absolute Gasteiger partial charge is 0.263 e. The predicted octanol–water partition coefficient (Wildman–Crippen LogP) is 2.21. The zero-order valence-corrected chi connectivity index (χ0v) is 14.0. The van der Waals surface area contributed by atoms with E-state index >= 15 is 0 Å². The van der Waals surface area contributed by atoms with Crippen molar-refractivity contribution in [2.75, 3.05) is 12.0 Å². The lowest BCUT2D eigenvalue weighted by molar-refractivity contribution is -0.114. The fourth-order valence-corrected chi connectivity index (χ4v) is 2.34. The number of hydrogen-bond donors (Lipinski definition) is 3. The van der Waals surface area contributed by atoms with Crippen molar-refractivity contribution >= 4 is 22.6 Å². The van der Waals surface area contributed by atoms with Crippen molar-refractivity contribution in [1.29, 1.82) is 0 Å². The first-order chi connectivity index (χ1) is 11.9. The summed E-state index contributed by atoms with van der Waals surface area (Å²) in [6.45, 7) is 2.61. The summed E-state index contributed by atoms with van der Waals surface area (Å²) in [5.41, 5.74) is 0.908. The summed E-state index contributed by atoms with van der Waals surface area (Å²) in [4.78, 5) is 33.3. The Kier molecular flexibility index (Phi) is 5.48. The van der Waals surface area contributed by atoms with Crippen molar-refractivity contribution < 1.29 is 15.7 Å². The van der Waals surface area contributed by atoms with E-state index in [1.807, 2.05) is 0 Å². The molecule has 3 aromatic heterocycles. The summed E-state index contributed by atoms with van der Waals surface area (Å²) in [5.74, 6) is -0.143. The van der Waals surface area contributed by atoms with E-state index in [1.54, 1.807) is 29.9 Å². The Morgan fingerprint density at radius 3 is 2.72 bits per heavy atom. The van der Waals surface area contributed by atoms with Gasteiger partial charge in [-0.1, -0.05) is 0 Å². The van der Waals surface area contributed by atoms with Gasteiger partial charge in [-0.2, -0.15) is 0 Å². The number of hydrogen-bond acceptors (Lipinski definition) is 5. The van der Waals surface area contributed by atoms with Crippen molar-refractivity contribution in [3.63, 3.8) is 0 Å². The topological polar surface area (TPSA) is 113 Å². The van der Waals surface area contributed by atoms with Crippen LogP contribution < -0.4 is 10.9 Å². The Hall–Kier alpha value is -3.23. The number of halogens is 1. The van der Waals surface area contributed by atoms with Gasteiger partial charge in [0.15, 0.2) is 0 Å². The highest BCUT2D eigenvalue weighted by molar-refractivity contribution is 5.93. The molecule has 0 atom stereocenters. The van der Waals surface area contributed by atoms with Crippen molar-refractivity contribution in [2.24, 2.45) is 7.05 Å². The van der Waals surface area contributed by atoms with Crippen molar-refractivity contribution in [2.45, 2.75) is 13.8 Å². The Labute approximate surface area is 143 Å². The second-order valence-corrected chi connectivity index (χ2v) is 5.10. The number of aromatic hydroxyl groups is 1. The van der Waals surface area contributed by atoms with E-state index in [1.165, 1.54) is 13.8 Å². The molecule has 0 aromatic carbocycles. The normalized spacial score (nSPS) is 10.2. The van der Waals surface area contributed by atoms with Gasteiger partial charge in [0, 0.05) is 20.8 Å². The highest BCUT2D eigenvalue weighted by Gasteiger charge is 2.16. The Bertz CT molecular complexity index is 970. The van der Waals surface area contributed by atoms with Gasteiger partial charge in [0.25, 0.3) is 5.56 Å². The molecule has 0 aliphatic rings. The van der Waals surface area contributed by atoms with Crippen LogP contribution in [0.25, 0.3) is 22.2 Å². The molecule has 134 valence electrons. The van der Waals surface area contributed by atoms with Gasteiger partial charge >= 0.3 is 0 Å². The van der Waals surface area contributed by atoms with Gasteiger partial charge < -0.3 is 20.0 Å². The number of nitrogens with one attached hydrogen (secondary N) is 2. The van der Waals surface area contributed by atoms with Gasteiger partial charge in [-0.25, -0.2) is 9.97 Å². The molecule has 25 heavy (non-hydrogen) atoms. The van der Waals surface area contributed by atoms with Crippen LogP contribution in [0, 0.1) is 0 Å². The summed E-state index contributed by atoms with van der Waals surface area (Å²) in [5, 5.41) is 13.2. The number of anilines is 1. The first-order valence-corrected chi connectivity index (χ1v) is 7.45. The number of nitrogens with zero attached hydrogens (tertiary/aromatic N) is 3. The van der Waals surface area contributed by atoms with Crippen molar-refractivity contribution in [3.8, 4) is 17.1 Å². The van der Waals surface area contributed by atoms with Crippen LogP contribution in [0.3, 0.4) is 0 Å². The van der Waals surface area contributed by atoms with Crippen LogP contribution in [0.1, 0.15) is 15.3 Å². The quantitative estimate of drug-likeness (QED) is 0.656.